The van der Waals surface area contributed by atoms with Crippen molar-refractivity contribution >= 4 is 28.5 Å². The first-order valence-electron chi connectivity index (χ1n) is 7.61. The molecular weight excluding hydrogens is 314 g/mol. The van der Waals surface area contributed by atoms with Gasteiger partial charge in [0.1, 0.15) is 0 Å². The molecule has 0 bridgehead atoms. The number of carbonyl (C=O) groups excluding carboxylic acids is 1. The molecule has 0 saturated carbocycles. The molecule has 1 amide bonds. The number of fused-ring (bicyclic) bond motifs is 1. The fraction of sp³-hybridized carbons (Fsp3) is 0.375. The molecule has 8 nitrogen and oxygen atoms in total. The number of non-ortho nitro benzene ring substituents is 1. The number of aliphatic carboxylic acids is 1. The van der Waals surface area contributed by atoms with Crippen molar-refractivity contribution in [3.63, 3.8) is 0 Å². The summed E-state index contributed by atoms with van der Waals surface area (Å²) in [4.78, 5) is 37.0. The van der Waals surface area contributed by atoms with Crippen molar-refractivity contribution in [2.24, 2.45) is 0 Å². The van der Waals surface area contributed by atoms with Gasteiger partial charge in [0, 0.05) is 29.2 Å². The third-order valence-electron chi connectivity index (χ3n) is 4.34. The normalized spacial score (nSPS) is 11.4. The molecule has 3 N–H and O–H groups in total. The quantitative estimate of drug-likeness (QED) is 0.530. The number of hydrogen-bond donors (Lipinski definition) is 3. The molecule has 0 aliphatic carbocycles. The lowest BCUT2D eigenvalue weighted by atomic mass is 9.88. The van der Waals surface area contributed by atoms with Crippen molar-refractivity contribution in [1.29, 1.82) is 0 Å². The van der Waals surface area contributed by atoms with E-state index in [1.54, 1.807) is 0 Å². The fourth-order valence-electron chi connectivity index (χ4n) is 2.73. The number of nitrogens with one attached hydrogen (secondary N) is 2. The van der Waals surface area contributed by atoms with Crippen LogP contribution in [0.25, 0.3) is 10.9 Å². The molecule has 0 unspecified atom stereocenters. The second-order valence-corrected chi connectivity index (χ2v) is 5.70. The molecule has 2 rings (SSSR count). The predicted octanol–water partition coefficient (Wildman–Crippen LogP) is 2.84. The lowest BCUT2D eigenvalue weighted by Gasteiger charge is -2.31. The molecule has 0 fully saturated rings. The first kappa shape index (κ1) is 17.5. The van der Waals surface area contributed by atoms with Gasteiger partial charge in [0.15, 0.2) is 0 Å². The monoisotopic (exact) mass is 333 g/mol. The molecule has 0 saturated heterocycles. The van der Waals surface area contributed by atoms with Gasteiger partial charge < -0.3 is 15.4 Å². The van der Waals surface area contributed by atoms with E-state index in [-0.39, 0.29) is 17.7 Å². The van der Waals surface area contributed by atoms with Crippen LogP contribution in [0.1, 0.15) is 43.5 Å². The second kappa shape index (κ2) is 6.69. The third kappa shape index (κ3) is 3.37. The number of H-pyrrole nitrogens is 1. The van der Waals surface area contributed by atoms with E-state index in [1.807, 2.05) is 13.8 Å². The molecule has 24 heavy (non-hydrogen) atoms. The Morgan fingerprint density at radius 2 is 2.00 bits per heavy atom. The van der Waals surface area contributed by atoms with Crippen LogP contribution in [0.3, 0.4) is 0 Å². The van der Waals surface area contributed by atoms with Crippen molar-refractivity contribution in [1.82, 2.24) is 10.3 Å². The summed E-state index contributed by atoms with van der Waals surface area (Å²) in [6.07, 6.45) is 2.21. The van der Waals surface area contributed by atoms with E-state index in [2.05, 4.69) is 10.3 Å². The topological polar surface area (TPSA) is 125 Å². The molecule has 0 atom stereocenters. The summed E-state index contributed by atoms with van der Waals surface area (Å²) in [5, 5.41) is 23.2. The Balaban J connectivity index is 2.38. The molecule has 0 aliphatic heterocycles. The number of nitrogens with zero attached hydrogens (tertiary/aromatic N) is 1. The summed E-state index contributed by atoms with van der Waals surface area (Å²) in [5.74, 6) is -1.44. The van der Waals surface area contributed by atoms with Gasteiger partial charge in [-0.2, -0.15) is 0 Å². The van der Waals surface area contributed by atoms with Crippen molar-refractivity contribution in [2.45, 2.75) is 38.6 Å². The highest BCUT2D eigenvalue weighted by atomic mass is 16.6. The number of carbonyl (C=O) groups is 2. The number of hydrogen-bond acceptors (Lipinski definition) is 4. The minimum absolute atomic E-state index is 0.112. The van der Waals surface area contributed by atoms with Crippen LogP contribution in [0.4, 0.5) is 5.69 Å². The smallest absolute Gasteiger partial charge is 0.305 e. The Morgan fingerprint density at radius 1 is 1.33 bits per heavy atom. The number of nitro benzene ring substituents is 1. The molecule has 0 spiro atoms. The number of aromatic amines is 1. The molecule has 1 aromatic heterocycles. The maximum absolute atomic E-state index is 12.6. The van der Waals surface area contributed by atoms with E-state index < -0.39 is 22.3 Å². The van der Waals surface area contributed by atoms with Crippen molar-refractivity contribution in [2.75, 3.05) is 0 Å². The van der Waals surface area contributed by atoms with Crippen LogP contribution >= 0.6 is 0 Å². The standard InChI is InChI=1S/C16H19N3O5/c1-3-16(4-2,8-14(20)21)18-15(22)12-9-17-13-6-5-10(19(23)24)7-11(12)13/h5-7,9,17H,3-4,8H2,1-2H3,(H,18,22)(H,20,21). The highest BCUT2D eigenvalue weighted by Gasteiger charge is 2.32. The summed E-state index contributed by atoms with van der Waals surface area (Å²) in [6.45, 7) is 3.62. The molecule has 8 heteroatoms. The Labute approximate surface area is 138 Å². The van der Waals surface area contributed by atoms with Crippen molar-refractivity contribution < 1.29 is 19.6 Å². The number of amides is 1. The molecule has 1 heterocycles. The Morgan fingerprint density at radius 3 is 2.54 bits per heavy atom. The van der Waals surface area contributed by atoms with Crippen LogP contribution < -0.4 is 5.32 Å². The van der Waals surface area contributed by atoms with E-state index in [9.17, 15) is 19.7 Å². The number of rotatable bonds is 7. The number of aromatic nitrogens is 1. The second-order valence-electron chi connectivity index (χ2n) is 5.70. The molecule has 1 aromatic carbocycles. The molecular formula is C16H19N3O5. The SMILES string of the molecule is CCC(CC)(CC(=O)O)NC(=O)c1c[nH]c2ccc([N+](=O)[O-])cc12. The van der Waals surface area contributed by atoms with Crippen molar-refractivity contribution in [3.05, 3.63) is 40.1 Å². The Kier molecular flexibility index (Phi) is 4.87. The summed E-state index contributed by atoms with van der Waals surface area (Å²) in [7, 11) is 0. The number of carboxylic acid groups (broad SMARTS) is 1. The van der Waals surface area contributed by atoms with Gasteiger partial charge in [-0.1, -0.05) is 13.8 Å². The summed E-state index contributed by atoms with van der Waals surface area (Å²) < 4.78 is 0. The average molecular weight is 333 g/mol. The molecule has 2 aromatic rings. The summed E-state index contributed by atoms with van der Waals surface area (Å²) in [5.41, 5.74) is -0.111. The van der Waals surface area contributed by atoms with Gasteiger partial charge in [0.2, 0.25) is 0 Å². The zero-order chi connectivity index (χ0) is 17.9. The van der Waals surface area contributed by atoms with Crippen LogP contribution in [-0.4, -0.2) is 32.4 Å². The van der Waals surface area contributed by atoms with Gasteiger partial charge >= 0.3 is 5.97 Å². The maximum Gasteiger partial charge on any atom is 0.305 e. The van der Waals surface area contributed by atoms with Crippen LogP contribution in [0.15, 0.2) is 24.4 Å². The van der Waals surface area contributed by atoms with Crippen LogP contribution in [0.2, 0.25) is 0 Å². The number of carboxylic acids is 1. The summed E-state index contributed by atoms with van der Waals surface area (Å²) >= 11 is 0. The van der Waals surface area contributed by atoms with Crippen LogP contribution in [0.5, 0.6) is 0 Å². The van der Waals surface area contributed by atoms with Gasteiger partial charge in [-0.05, 0) is 18.9 Å². The predicted molar refractivity (Wildman–Crippen MR) is 88.0 cm³/mol. The van der Waals surface area contributed by atoms with Gasteiger partial charge in [0.05, 0.1) is 22.4 Å². The van der Waals surface area contributed by atoms with Gasteiger partial charge in [-0.25, -0.2) is 0 Å². The lowest BCUT2D eigenvalue weighted by molar-refractivity contribution is -0.384. The van der Waals surface area contributed by atoms with Gasteiger partial charge in [-0.3, -0.25) is 19.7 Å². The minimum atomic E-state index is -0.992. The highest BCUT2D eigenvalue weighted by Crippen LogP contribution is 2.26. The largest absolute Gasteiger partial charge is 0.481 e. The van der Waals surface area contributed by atoms with Crippen LogP contribution in [-0.2, 0) is 4.79 Å². The average Bonchev–Trinajstić information content (AvgIpc) is 2.96. The third-order valence-corrected chi connectivity index (χ3v) is 4.34. The van der Waals surface area contributed by atoms with Gasteiger partial charge in [0.25, 0.3) is 11.6 Å². The van der Waals surface area contributed by atoms with Crippen molar-refractivity contribution in [3.8, 4) is 0 Å². The molecule has 128 valence electrons. The molecule has 0 aliphatic rings. The fourth-order valence-corrected chi connectivity index (χ4v) is 2.73. The van der Waals surface area contributed by atoms with E-state index in [0.717, 1.165) is 0 Å². The van der Waals surface area contributed by atoms with E-state index in [0.29, 0.717) is 23.7 Å². The zero-order valence-corrected chi connectivity index (χ0v) is 13.5. The van der Waals surface area contributed by atoms with E-state index >= 15 is 0 Å². The number of nitro groups is 1. The highest BCUT2D eigenvalue weighted by molar-refractivity contribution is 6.07. The Hall–Kier alpha value is -2.90. The summed E-state index contributed by atoms with van der Waals surface area (Å²) in [6, 6.07) is 4.22. The molecule has 0 radical (unpaired) electrons. The minimum Gasteiger partial charge on any atom is -0.481 e. The number of benzene rings is 1. The van der Waals surface area contributed by atoms with E-state index in [4.69, 9.17) is 5.11 Å². The maximum atomic E-state index is 12.6. The first-order chi connectivity index (χ1) is 11.3. The zero-order valence-electron chi connectivity index (χ0n) is 13.5. The van der Waals surface area contributed by atoms with E-state index in [1.165, 1.54) is 24.4 Å². The van der Waals surface area contributed by atoms with Gasteiger partial charge in [-0.15, -0.1) is 0 Å². The van der Waals surface area contributed by atoms with Crippen LogP contribution in [0, 0.1) is 10.1 Å². The Bertz CT molecular complexity index is 792. The first-order valence-corrected chi connectivity index (χ1v) is 7.61. The lowest BCUT2D eigenvalue weighted by Crippen LogP contribution is -2.49.